The van der Waals surface area contributed by atoms with E-state index in [2.05, 4.69) is 19.9 Å². The van der Waals surface area contributed by atoms with Gasteiger partial charge < -0.3 is 19.4 Å². The number of rotatable bonds is 5. The predicted octanol–water partition coefficient (Wildman–Crippen LogP) is 8.55. The first-order valence-electron chi connectivity index (χ1n) is 17.4. The lowest BCUT2D eigenvalue weighted by atomic mass is 10.0. The highest BCUT2D eigenvalue weighted by molar-refractivity contribution is 5.73. The number of aromatic amines is 2. The van der Waals surface area contributed by atoms with Gasteiger partial charge in [0.25, 0.3) is 0 Å². The number of piperidine rings is 2. The summed E-state index contributed by atoms with van der Waals surface area (Å²) in [6.45, 7) is 11.0. The molecule has 2 aromatic carbocycles. The Kier molecular flexibility index (Phi) is 7.40. The van der Waals surface area contributed by atoms with Crippen molar-refractivity contribution in [2.45, 2.75) is 103 Å². The lowest BCUT2D eigenvalue weighted by Gasteiger charge is -2.29. The SMILES string of the molecule is CC(C)(C)OC(=O)N1[C@@H]2C[C@@H]2C[C@H]1c1nc(-c2ccc(-c3ccc(-c4nc([C@@H]5C[C@H]6C[C@H]6N5C(=O)OC(C)(C)C)[nH]c4F)cc3)cc2)c(F)[nH]1. The highest BCUT2D eigenvalue weighted by atomic mass is 19.1. The second kappa shape index (κ2) is 11.4. The van der Waals surface area contributed by atoms with Crippen molar-refractivity contribution in [3.05, 3.63) is 72.1 Å². The average Bonchev–Trinajstić information content (AvgIpc) is 3.73. The van der Waals surface area contributed by atoms with Crippen LogP contribution in [0, 0.1) is 23.7 Å². The third-order valence-electron chi connectivity index (χ3n) is 10.1. The summed E-state index contributed by atoms with van der Waals surface area (Å²) in [4.78, 5) is 44.3. The maximum atomic E-state index is 15.2. The number of carbonyl (C=O) groups excluding carboxylic acids is 2. The Labute approximate surface area is 289 Å². The van der Waals surface area contributed by atoms with Gasteiger partial charge in [-0.05, 0) is 90.2 Å². The Bertz CT molecular complexity index is 1820. The zero-order chi connectivity index (χ0) is 35.3. The lowest BCUT2D eigenvalue weighted by molar-refractivity contribution is 0.0164. The van der Waals surface area contributed by atoms with Crippen LogP contribution in [0.1, 0.15) is 91.0 Å². The van der Waals surface area contributed by atoms with Crippen LogP contribution < -0.4 is 0 Å². The third kappa shape index (κ3) is 6.02. The van der Waals surface area contributed by atoms with Crippen LogP contribution in [-0.4, -0.2) is 65.2 Å². The highest BCUT2D eigenvalue weighted by Crippen LogP contribution is 2.54. The summed E-state index contributed by atoms with van der Waals surface area (Å²) in [5.74, 6) is 0.511. The number of hydrogen-bond acceptors (Lipinski definition) is 6. The van der Waals surface area contributed by atoms with Gasteiger partial charge in [-0.3, -0.25) is 9.80 Å². The molecule has 4 aliphatic rings. The third-order valence-corrected chi connectivity index (χ3v) is 10.1. The molecule has 4 heterocycles. The van der Waals surface area contributed by atoms with Gasteiger partial charge in [-0.25, -0.2) is 19.6 Å². The number of imidazole rings is 2. The van der Waals surface area contributed by atoms with Gasteiger partial charge in [-0.2, -0.15) is 8.78 Å². The van der Waals surface area contributed by atoms with E-state index in [0.717, 1.165) is 36.8 Å². The number of hydrogen-bond donors (Lipinski definition) is 2. The van der Waals surface area contributed by atoms with Gasteiger partial charge >= 0.3 is 12.2 Å². The smallest absolute Gasteiger partial charge is 0.411 e. The summed E-state index contributed by atoms with van der Waals surface area (Å²) in [6.07, 6.45) is 2.52. The molecule has 2 aliphatic carbocycles. The van der Waals surface area contributed by atoms with Crippen LogP contribution in [0.3, 0.4) is 0 Å². The number of ether oxygens (including phenoxy) is 2. The van der Waals surface area contributed by atoms with Crippen LogP contribution in [0.15, 0.2) is 48.5 Å². The fourth-order valence-electron chi connectivity index (χ4n) is 7.63. The van der Waals surface area contributed by atoms with Gasteiger partial charge in [0, 0.05) is 23.2 Å². The molecule has 2 N–H and O–H groups in total. The number of benzene rings is 2. The van der Waals surface area contributed by atoms with E-state index in [1.54, 1.807) is 9.80 Å². The number of aromatic nitrogens is 4. The molecule has 10 nitrogen and oxygen atoms in total. The summed E-state index contributed by atoms with van der Waals surface area (Å²) in [5, 5.41) is 0. The quantitative estimate of drug-likeness (QED) is 0.218. The number of halogens is 2. The van der Waals surface area contributed by atoms with Crippen molar-refractivity contribution in [2.24, 2.45) is 11.8 Å². The summed E-state index contributed by atoms with van der Waals surface area (Å²) in [6, 6.07) is 14.3. The molecule has 50 heavy (non-hydrogen) atoms. The molecule has 0 bridgehead atoms. The molecule has 4 aromatic rings. The van der Waals surface area contributed by atoms with E-state index in [-0.39, 0.29) is 35.6 Å². The molecule has 8 rings (SSSR count). The molecule has 2 amide bonds. The van der Waals surface area contributed by atoms with E-state index in [9.17, 15) is 9.59 Å². The van der Waals surface area contributed by atoms with E-state index in [1.165, 1.54) is 0 Å². The lowest BCUT2D eigenvalue weighted by Crippen LogP contribution is -2.38. The van der Waals surface area contributed by atoms with Crippen LogP contribution in [0.2, 0.25) is 0 Å². The Morgan fingerprint density at radius 2 is 0.960 bits per heavy atom. The van der Waals surface area contributed by atoms with Gasteiger partial charge in [0.1, 0.15) is 34.2 Å². The maximum Gasteiger partial charge on any atom is 0.411 e. The fourth-order valence-corrected chi connectivity index (χ4v) is 7.63. The molecule has 0 spiro atoms. The van der Waals surface area contributed by atoms with E-state index in [0.29, 0.717) is 34.6 Å². The fraction of sp³-hybridized carbons (Fsp3) is 0.474. The maximum absolute atomic E-state index is 15.2. The molecular weight excluding hydrogens is 642 g/mol. The second-order valence-corrected chi connectivity index (χ2v) is 16.1. The van der Waals surface area contributed by atoms with Crippen molar-refractivity contribution in [1.82, 2.24) is 29.7 Å². The molecule has 2 saturated heterocycles. The standard InChI is InChI=1S/C38H42F2N6O4/c1-37(2,3)49-35(47)45-25-15-23(25)17-27(45)33-41-29(31(39)43-33)21-11-7-19(8-12-21)20-9-13-22(14-10-20)30-32(40)44-34(42-30)28-18-24-16-26(24)46(28)36(48)50-38(4,5)6/h7-14,23-28H,15-18H2,1-6H3,(H,41,43)(H,42,44)/t23-,24-,25-,26-,27+,28+/m1/s1. The van der Waals surface area contributed by atoms with Gasteiger partial charge in [0.15, 0.2) is 0 Å². The van der Waals surface area contributed by atoms with Crippen molar-refractivity contribution in [3.8, 4) is 33.6 Å². The van der Waals surface area contributed by atoms with Crippen LogP contribution in [0.4, 0.5) is 18.4 Å². The molecule has 0 radical (unpaired) electrons. The number of amides is 2. The number of nitrogens with zero attached hydrogens (tertiary/aromatic N) is 4. The largest absolute Gasteiger partial charge is 0.444 e. The second-order valence-electron chi connectivity index (χ2n) is 16.1. The van der Waals surface area contributed by atoms with Crippen molar-refractivity contribution in [3.63, 3.8) is 0 Å². The molecule has 2 saturated carbocycles. The summed E-state index contributed by atoms with van der Waals surface area (Å²) in [5.41, 5.74) is 2.13. The molecule has 6 atom stereocenters. The van der Waals surface area contributed by atoms with Gasteiger partial charge in [-0.1, -0.05) is 48.5 Å². The summed E-state index contributed by atoms with van der Waals surface area (Å²) < 4.78 is 41.8. The van der Waals surface area contributed by atoms with Crippen LogP contribution in [-0.2, 0) is 9.47 Å². The topological polar surface area (TPSA) is 116 Å². The number of fused-ring (bicyclic) bond motifs is 2. The van der Waals surface area contributed by atoms with Gasteiger partial charge in [0.2, 0.25) is 11.9 Å². The number of carbonyl (C=O) groups is 2. The molecule has 2 aliphatic heterocycles. The average molecular weight is 685 g/mol. The zero-order valence-electron chi connectivity index (χ0n) is 29.1. The van der Waals surface area contributed by atoms with Gasteiger partial charge in [-0.15, -0.1) is 0 Å². The van der Waals surface area contributed by atoms with Crippen LogP contribution in [0.5, 0.6) is 0 Å². The molecular formula is C38H42F2N6O4. The minimum Gasteiger partial charge on any atom is -0.444 e. The molecule has 262 valence electrons. The Hall–Kier alpha value is -4.74. The molecule has 4 fully saturated rings. The van der Waals surface area contributed by atoms with E-state index in [4.69, 9.17) is 9.47 Å². The monoisotopic (exact) mass is 684 g/mol. The first kappa shape index (κ1) is 32.5. The van der Waals surface area contributed by atoms with Crippen molar-refractivity contribution >= 4 is 12.2 Å². The van der Waals surface area contributed by atoms with E-state index < -0.39 is 35.3 Å². The van der Waals surface area contributed by atoms with E-state index in [1.807, 2.05) is 90.1 Å². The normalized spacial score (nSPS) is 25.4. The minimum atomic E-state index is -0.628. The van der Waals surface area contributed by atoms with E-state index >= 15 is 8.78 Å². The first-order chi connectivity index (χ1) is 23.6. The molecule has 0 unspecified atom stereocenters. The van der Waals surface area contributed by atoms with Crippen LogP contribution in [0.25, 0.3) is 33.6 Å². The molecule has 2 aromatic heterocycles. The Morgan fingerprint density at radius 3 is 1.30 bits per heavy atom. The van der Waals surface area contributed by atoms with Crippen molar-refractivity contribution in [1.29, 1.82) is 0 Å². The number of H-pyrrole nitrogens is 2. The summed E-state index contributed by atoms with van der Waals surface area (Å²) >= 11 is 0. The molecule has 12 heteroatoms. The van der Waals surface area contributed by atoms with Crippen molar-refractivity contribution in [2.75, 3.05) is 0 Å². The Balaban J connectivity index is 0.968. The summed E-state index contributed by atoms with van der Waals surface area (Å²) in [7, 11) is 0. The Morgan fingerprint density at radius 1 is 0.620 bits per heavy atom. The predicted molar refractivity (Wildman–Crippen MR) is 182 cm³/mol. The van der Waals surface area contributed by atoms with Crippen molar-refractivity contribution < 1.29 is 27.8 Å². The minimum absolute atomic E-state index is 0.107. The zero-order valence-corrected chi connectivity index (χ0v) is 29.1. The highest BCUT2D eigenvalue weighted by Gasteiger charge is 2.57. The first-order valence-corrected chi connectivity index (χ1v) is 17.4. The van der Waals surface area contributed by atoms with Gasteiger partial charge in [0.05, 0.1) is 12.1 Å². The number of nitrogens with one attached hydrogen (secondary N) is 2. The van der Waals surface area contributed by atoms with Crippen LogP contribution >= 0.6 is 0 Å². The number of likely N-dealkylation sites (tertiary alicyclic amines) is 2.